The minimum absolute atomic E-state index is 0.0369. The van der Waals surface area contributed by atoms with Crippen LogP contribution in [-0.2, 0) is 9.59 Å². The first-order valence-electron chi connectivity index (χ1n) is 8.67. The van der Waals surface area contributed by atoms with Crippen LogP contribution in [0.5, 0.6) is 0 Å². The van der Waals surface area contributed by atoms with E-state index in [0.29, 0.717) is 5.92 Å². The predicted molar refractivity (Wildman–Crippen MR) is 95.3 cm³/mol. The topological polar surface area (TPSA) is 37.4 Å². The van der Waals surface area contributed by atoms with Crippen molar-refractivity contribution in [3.05, 3.63) is 47.5 Å². The first-order valence-corrected chi connectivity index (χ1v) is 8.67. The zero-order valence-electron chi connectivity index (χ0n) is 15.5. The van der Waals surface area contributed by atoms with E-state index in [-0.39, 0.29) is 34.6 Å². The van der Waals surface area contributed by atoms with Crippen molar-refractivity contribution in [2.75, 3.05) is 0 Å². The van der Waals surface area contributed by atoms with Gasteiger partial charge >= 0.3 is 0 Å². The number of nitrogens with zero attached hydrogens (tertiary/aromatic N) is 1. The fraction of sp³-hybridized carbons (Fsp3) is 0.524. The van der Waals surface area contributed by atoms with E-state index in [0.717, 1.165) is 5.56 Å². The molecule has 24 heavy (non-hydrogen) atoms. The van der Waals surface area contributed by atoms with Crippen molar-refractivity contribution in [3.8, 4) is 0 Å². The highest BCUT2D eigenvalue weighted by molar-refractivity contribution is 6.13. The Labute approximate surface area is 144 Å². The Bertz CT molecular complexity index is 700. The Morgan fingerprint density at radius 2 is 1.29 bits per heavy atom. The predicted octanol–water partition coefficient (Wildman–Crippen LogP) is 4.46. The Kier molecular flexibility index (Phi) is 3.74. The SMILES string of the molecule is CC(C)(C)[C@H]1[C@H](N2C(=O)C=CC2=O)c2ccccc2[C@@H]1C(C)(C)C. The molecule has 0 radical (unpaired) electrons. The van der Waals surface area contributed by atoms with Gasteiger partial charge < -0.3 is 0 Å². The van der Waals surface area contributed by atoms with E-state index in [9.17, 15) is 9.59 Å². The van der Waals surface area contributed by atoms with Crippen LogP contribution in [0.2, 0.25) is 0 Å². The number of imide groups is 1. The molecule has 3 heteroatoms. The van der Waals surface area contributed by atoms with Gasteiger partial charge in [0, 0.05) is 12.2 Å². The van der Waals surface area contributed by atoms with Gasteiger partial charge in [-0.15, -0.1) is 0 Å². The molecule has 0 aromatic heterocycles. The quantitative estimate of drug-likeness (QED) is 0.715. The van der Waals surface area contributed by atoms with Gasteiger partial charge in [0.2, 0.25) is 0 Å². The van der Waals surface area contributed by atoms with Crippen LogP contribution in [0.25, 0.3) is 0 Å². The number of hydrogen-bond donors (Lipinski definition) is 0. The molecule has 3 atom stereocenters. The Morgan fingerprint density at radius 3 is 1.75 bits per heavy atom. The summed E-state index contributed by atoms with van der Waals surface area (Å²) in [5.74, 6) is 0.0924. The average molecular weight is 325 g/mol. The zero-order chi connectivity index (χ0) is 17.9. The minimum atomic E-state index is -0.194. The number of carbonyl (C=O) groups excluding carboxylic acids is 2. The zero-order valence-corrected chi connectivity index (χ0v) is 15.5. The number of rotatable bonds is 1. The molecule has 3 nitrogen and oxygen atoms in total. The van der Waals surface area contributed by atoms with E-state index in [1.165, 1.54) is 22.6 Å². The molecule has 2 aliphatic rings. The molecule has 1 aromatic carbocycles. The second-order valence-corrected chi connectivity index (χ2v) is 9.19. The van der Waals surface area contributed by atoms with Crippen LogP contribution in [0.4, 0.5) is 0 Å². The number of benzene rings is 1. The maximum atomic E-state index is 12.4. The Balaban J connectivity index is 2.22. The monoisotopic (exact) mass is 325 g/mol. The maximum Gasteiger partial charge on any atom is 0.254 e. The molecule has 1 aliphatic carbocycles. The summed E-state index contributed by atoms with van der Waals surface area (Å²) >= 11 is 0. The van der Waals surface area contributed by atoms with Crippen molar-refractivity contribution in [2.24, 2.45) is 16.7 Å². The highest BCUT2D eigenvalue weighted by atomic mass is 16.2. The summed E-state index contributed by atoms with van der Waals surface area (Å²) in [6, 6.07) is 8.13. The van der Waals surface area contributed by atoms with Crippen LogP contribution < -0.4 is 0 Å². The third-order valence-electron chi connectivity index (χ3n) is 5.40. The highest BCUT2D eigenvalue weighted by Crippen LogP contribution is 2.60. The largest absolute Gasteiger partial charge is 0.269 e. The number of hydrogen-bond acceptors (Lipinski definition) is 2. The van der Waals surface area contributed by atoms with E-state index in [2.05, 4.69) is 59.7 Å². The van der Waals surface area contributed by atoms with Crippen molar-refractivity contribution in [3.63, 3.8) is 0 Å². The number of fused-ring (bicyclic) bond motifs is 1. The molecular formula is C21H27NO2. The summed E-state index contributed by atoms with van der Waals surface area (Å²) < 4.78 is 0. The molecule has 3 rings (SSSR count). The van der Waals surface area contributed by atoms with Gasteiger partial charge in [-0.2, -0.15) is 0 Å². The van der Waals surface area contributed by atoms with Crippen molar-refractivity contribution < 1.29 is 9.59 Å². The van der Waals surface area contributed by atoms with Crippen LogP contribution in [0.15, 0.2) is 36.4 Å². The molecule has 1 heterocycles. The summed E-state index contributed by atoms with van der Waals surface area (Å²) in [6.07, 6.45) is 2.80. The molecular weight excluding hydrogens is 298 g/mol. The van der Waals surface area contributed by atoms with Crippen molar-refractivity contribution >= 4 is 11.8 Å². The molecule has 0 saturated carbocycles. The third kappa shape index (κ3) is 2.51. The second-order valence-electron chi connectivity index (χ2n) is 9.19. The Morgan fingerprint density at radius 1 is 0.792 bits per heavy atom. The molecule has 0 spiro atoms. The van der Waals surface area contributed by atoms with Crippen molar-refractivity contribution in [1.29, 1.82) is 0 Å². The lowest BCUT2D eigenvalue weighted by atomic mass is 9.63. The third-order valence-corrected chi connectivity index (χ3v) is 5.40. The standard InChI is InChI=1S/C21H27NO2/c1-20(2,3)17-13-9-7-8-10-14(13)19(18(17)21(4,5)6)22-15(23)11-12-16(22)24/h7-12,17-19H,1-6H3/t17-,18+,19+/m0/s1. The van der Waals surface area contributed by atoms with E-state index in [1.54, 1.807) is 0 Å². The van der Waals surface area contributed by atoms with Crippen LogP contribution in [0, 0.1) is 16.7 Å². The molecule has 0 saturated heterocycles. The number of amides is 2. The molecule has 1 aliphatic heterocycles. The lowest BCUT2D eigenvalue weighted by Gasteiger charge is -2.44. The van der Waals surface area contributed by atoms with Crippen LogP contribution >= 0.6 is 0 Å². The van der Waals surface area contributed by atoms with E-state index in [1.807, 2.05) is 6.07 Å². The lowest BCUT2D eigenvalue weighted by molar-refractivity contribution is -0.142. The normalized spacial score (nSPS) is 27.1. The first-order chi connectivity index (χ1) is 11.0. The van der Waals surface area contributed by atoms with Crippen LogP contribution in [0.3, 0.4) is 0 Å². The first kappa shape index (κ1) is 16.9. The summed E-state index contributed by atoms with van der Waals surface area (Å²) in [5.41, 5.74) is 2.41. The van der Waals surface area contributed by atoms with Gasteiger partial charge in [0.15, 0.2) is 0 Å². The molecule has 0 fully saturated rings. The molecule has 0 N–H and O–H groups in total. The van der Waals surface area contributed by atoms with Crippen LogP contribution in [-0.4, -0.2) is 16.7 Å². The molecule has 1 aromatic rings. The fourth-order valence-corrected chi connectivity index (χ4v) is 4.60. The summed E-state index contributed by atoms with van der Waals surface area (Å²) in [6.45, 7) is 13.4. The fourth-order valence-electron chi connectivity index (χ4n) is 4.60. The van der Waals surface area contributed by atoms with Gasteiger partial charge in [0.25, 0.3) is 11.8 Å². The van der Waals surface area contributed by atoms with Gasteiger partial charge in [-0.25, -0.2) is 0 Å². The van der Waals surface area contributed by atoms with Gasteiger partial charge in [0.05, 0.1) is 6.04 Å². The lowest BCUT2D eigenvalue weighted by Crippen LogP contribution is -2.43. The summed E-state index contributed by atoms with van der Waals surface area (Å²) in [5, 5.41) is 0. The molecule has 128 valence electrons. The molecule has 0 unspecified atom stereocenters. The minimum Gasteiger partial charge on any atom is -0.269 e. The smallest absolute Gasteiger partial charge is 0.254 e. The van der Waals surface area contributed by atoms with Crippen LogP contribution in [0.1, 0.15) is 64.6 Å². The van der Waals surface area contributed by atoms with E-state index < -0.39 is 0 Å². The van der Waals surface area contributed by atoms with Gasteiger partial charge in [-0.05, 0) is 33.8 Å². The number of carbonyl (C=O) groups is 2. The van der Waals surface area contributed by atoms with E-state index >= 15 is 0 Å². The van der Waals surface area contributed by atoms with Crippen molar-refractivity contribution in [2.45, 2.75) is 53.5 Å². The second kappa shape index (κ2) is 5.30. The van der Waals surface area contributed by atoms with Gasteiger partial charge in [-0.3, -0.25) is 14.5 Å². The summed E-state index contributed by atoms with van der Waals surface area (Å²) in [4.78, 5) is 26.3. The average Bonchev–Trinajstić information content (AvgIpc) is 2.96. The highest BCUT2D eigenvalue weighted by Gasteiger charge is 2.54. The van der Waals surface area contributed by atoms with Crippen molar-refractivity contribution in [1.82, 2.24) is 4.90 Å². The maximum absolute atomic E-state index is 12.4. The van der Waals surface area contributed by atoms with Gasteiger partial charge in [0.1, 0.15) is 0 Å². The van der Waals surface area contributed by atoms with E-state index in [4.69, 9.17) is 0 Å². The Hall–Kier alpha value is -1.90. The summed E-state index contributed by atoms with van der Waals surface area (Å²) in [7, 11) is 0. The van der Waals surface area contributed by atoms with Gasteiger partial charge in [-0.1, -0.05) is 65.8 Å². The molecule has 0 bridgehead atoms. The molecule has 2 amide bonds.